The lowest BCUT2D eigenvalue weighted by atomic mass is 9.94. The molecule has 2 aromatic rings. The number of carboxylic acids is 1. The first kappa shape index (κ1) is 23.1. The monoisotopic (exact) mass is 410 g/mol. The highest BCUT2D eigenvalue weighted by molar-refractivity contribution is 5.80. The highest BCUT2D eigenvalue weighted by Gasteiger charge is 2.22. The van der Waals surface area contributed by atoms with Gasteiger partial charge in [0, 0.05) is 18.4 Å². The van der Waals surface area contributed by atoms with Crippen molar-refractivity contribution in [3.8, 4) is 11.1 Å². The van der Waals surface area contributed by atoms with Crippen molar-refractivity contribution in [1.29, 1.82) is 0 Å². The van der Waals surface area contributed by atoms with E-state index in [0.29, 0.717) is 19.4 Å². The lowest BCUT2D eigenvalue weighted by molar-refractivity contribution is -0.305. The third kappa shape index (κ3) is 7.70. The van der Waals surface area contributed by atoms with Crippen LogP contribution in [0.25, 0.3) is 11.1 Å². The topological polar surface area (TPSA) is 95.5 Å². The molecule has 2 atom stereocenters. The molecule has 0 aliphatic carbocycles. The highest BCUT2D eigenvalue weighted by Crippen LogP contribution is 2.21. The quantitative estimate of drug-likeness (QED) is 0.574. The van der Waals surface area contributed by atoms with Gasteiger partial charge in [-0.25, -0.2) is 0 Å². The first-order valence-corrected chi connectivity index (χ1v) is 10.2. The molecule has 0 radical (unpaired) electrons. The van der Waals surface area contributed by atoms with E-state index in [1.165, 1.54) is 0 Å². The van der Waals surface area contributed by atoms with Crippen LogP contribution < -0.4 is 10.4 Å². The molecule has 30 heavy (non-hydrogen) atoms. The zero-order valence-corrected chi connectivity index (χ0v) is 17.4. The molecule has 0 fully saturated rings. The van der Waals surface area contributed by atoms with Crippen molar-refractivity contribution >= 4 is 17.8 Å². The van der Waals surface area contributed by atoms with Crippen molar-refractivity contribution in [2.45, 2.75) is 45.6 Å². The molecule has 6 nitrogen and oxygen atoms in total. The van der Waals surface area contributed by atoms with Crippen LogP contribution in [0.3, 0.4) is 0 Å². The number of benzene rings is 2. The van der Waals surface area contributed by atoms with Crippen LogP contribution in [-0.2, 0) is 25.5 Å². The summed E-state index contributed by atoms with van der Waals surface area (Å²) in [7, 11) is 0. The van der Waals surface area contributed by atoms with Crippen LogP contribution in [0.2, 0.25) is 0 Å². The minimum atomic E-state index is -1.27. The van der Waals surface area contributed by atoms with Crippen LogP contribution in [0.15, 0.2) is 54.6 Å². The van der Waals surface area contributed by atoms with Crippen LogP contribution in [0, 0.1) is 5.92 Å². The maximum absolute atomic E-state index is 12.1. The average molecular weight is 410 g/mol. The standard InChI is InChI=1S/C24H29NO5/c1-3-30-24(29)17(2)15-21(25-22(26)13-14-23(27)28)16-18-9-11-20(12-10-18)19-7-5-4-6-8-19/h4-12,17,21H,3,13-16H2,1-2H3,(H,25,26)(H,27,28)/p-1/t17-,21-/m0/s1. The van der Waals surface area contributed by atoms with Gasteiger partial charge in [-0.3, -0.25) is 9.59 Å². The van der Waals surface area contributed by atoms with Crippen LogP contribution >= 0.6 is 0 Å². The lowest BCUT2D eigenvalue weighted by Crippen LogP contribution is -2.39. The van der Waals surface area contributed by atoms with Crippen LogP contribution in [-0.4, -0.2) is 30.5 Å². The minimum absolute atomic E-state index is 0.153. The Hall–Kier alpha value is -3.15. The van der Waals surface area contributed by atoms with Gasteiger partial charge >= 0.3 is 5.97 Å². The smallest absolute Gasteiger partial charge is 0.308 e. The Morgan fingerprint density at radius 2 is 1.60 bits per heavy atom. The fraction of sp³-hybridized carbons (Fsp3) is 0.375. The minimum Gasteiger partial charge on any atom is -0.550 e. The van der Waals surface area contributed by atoms with Crippen molar-refractivity contribution < 1.29 is 24.2 Å². The molecule has 0 bridgehead atoms. The lowest BCUT2D eigenvalue weighted by Gasteiger charge is -2.22. The van der Waals surface area contributed by atoms with Crippen molar-refractivity contribution in [2.75, 3.05) is 6.61 Å². The summed E-state index contributed by atoms with van der Waals surface area (Å²) < 4.78 is 5.07. The molecule has 0 unspecified atom stereocenters. The summed E-state index contributed by atoms with van der Waals surface area (Å²) in [5.41, 5.74) is 3.22. The maximum atomic E-state index is 12.1. The third-order valence-electron chi connectivity index (χ3n) is 4.79. The fourth-order valence-corrected chi connectivity index (χ4v) is 3.26. The Labute approximate surface area is 177 Å². The molecule has 0 spiro atoms. The second kappa shape index (κ2) is 11.8. The Morgan fingerprint density at radius 3 is 2.20 bits per heavy atom. The van der Waals surface area contributed by atoms with Crippen LogP contribution in [0.1, 0.15) is 38.7 Å². The Morgan fingerprint density at radius 1 is 0.967 bits per heavy atom. The molecule has 0 saturated heterocycles. The molecule has 0 saturated carbocycles. The van der Waals surface area contributed by atoms with E-state index in [-0.39, 0.29) is 36.7 Å². The number of esters is 1. The third-order valence-corrected chi connectivity index (χ3v) is 4.79. The number of carbonyl (C=O) groups is 3. The Bertz CT molecular complexity index is 832. The summed E-state index contributed by atoms with van der Waals surface area (Å²) in [5, 5.41) is 13.5. The number of carbonyl (C=O) groups excluding carboxylic acids is 3. The van der Waals surface area contributed by atoms with E-state index in [9.17, 15) is 19.5 Å². The average Bonchev–Trinajstić information content (AvgIpc) is 2.73. The molecular formula is C24H28NO5-. The van der Waals surface area contributed by atoms with Crippen molar-refractivity contribution in [3.05, 3.63) is 60.2 Å². The van der Waals surface area contributed by atoms with E-state index in [4.69, 9.17) is 4.74 Å². The second-order valence-corrected chi connectivity index (χ2v) is 7.29. The van der Waals surface area contributed by atoms with E-state index in [0.717, 1.165) is 16.7 Å². The van der Waals surface area contributed by atoms with E-state index in [1.54, 1.807) is 13.8 Å². The Kier molecular flexibility index (Phi) is 9.06. The predicted molar refractivity (Wildman–Crippen MR) is 112 cm³/mol. The molecule has 1 N–H and O–H groups in total. The number of hydrogen-bond donors (Lipinski definition) is 1. The van der Waals surface area contributed by atoms with Gasteiger partial charge in [0.1, 0.15) is 0 Å². The molecule has 0 aromatic heterocycles. The summed E-state index contributed by atoms with van der Waals surface area (Å²) in [4.78, 5) is 34.8. The van der Waals surface area contributed by atoms with Gasteiger partial charge in [-0.2, -0.15) is 0 Å². The van der Waals surface area contributed by atoms with Gasteiger partial charge in [-0.1, -0.05) is 61.5 Å². The van der Waals surface area contributed by atoms with Gasteiger partial charge in [0.15, 0.2) is 0 Å². The number of amides is 1. The molecule has 2 rings (SSSR count). The first-order valence-electron chi connectivity index (χ1n) is 10.2. The van der Waals surface area contributed by atoms with Crippen molar-refractivity contribution in [2.24, 2.45) is 5.92 Å². The summed E-state index contributed by atoms with van der Waals surface area (Å²) in [5.74, 6) is -2.34. The number of hydrogen-bond acceptors (Lipinski definition) is 5. The van der Waals surface area contributed by atoms with Gasteiger partial charge in [-0.15, -0.1) is 0 Å². The number of nitrogens with one attached hydrogen (secondary N) is 1. The van der Waals surface area contributed by atoms with E-state index < -0.39 is 5.97 Å². The van der Waals surface area contributed by atoms with E-state index in [1.807, 2.05) is 54.6 Å². The summed E-state index contributed by atoms with van der Waals surface area (Å²) in [6.07, 6.45) is 0.434. The largest absolute Gasteiger partial charge is 0.550 e. The highest BCUT2D eigenvalue weighted by atomic mass is 16.5. The van der Waals surface area contributed by atoms with Crippen molar-refractivity contribution in [3.63, 3.8) is 0 Å². The first-order chi connectivity index (χ1) is 14.4. The number of carboxylic acid groups (broad SMARTS) is 1. The maximum Gasteiger partial charge on any atom is 0.308 e. The zero-order valence-electron chi connectivity index (χ0n) is 17.4. The molecule has 0 aliphatic rings. The van der Waals surface area contributed by atoms with Gasteiger partial charge in [0.05, 0.1) is 12.5 Å². The number of rotatable bonds is 11. The SMILES string of the molecule is CCOC(=O)[C@@H](C)C[C@@H](Cc1ccc(-c2ccccc2)cc1)NC(=O)CCC(=O)[O-]. The van der Waals surface area contributed by atoms with Gasteiger partial charge < -0.3 is 20.0 Å². The second-order valence-electron chi connectivity index (χ2n) is 7.29. The molecule has 160 valence electrons. The molecule has 2 aromatic carbocycles. The molecule has 6 heteroatoms. The van der Waals surface area contributed by atoms with Crippen LogP contribution in [0.5, 0.6) is 0 Å². The van der Waals surface area contributed by atoms with Gasteiger partial charge in [-0.05, 0) is 42.9 Å². The van der Waals surface area contributed by atoms with E-state index in [2.05, 4.69) is 5.32 Å². The molecular weight excluding hydrogens is 382 g/mol. The summed E-state index contributed by atoms with van der Waals surface area (Å²) in [6, 6.07) is 17.7. The number of ether oxygens (including phenoxy) is 1. The number of aliphatic carboxylic acids is 1. The van der Waals surface area contributed by atoms with Crippen molar-refractivity contribution in [1.82, 2.24) is 5.32 Å². The molecule has 0 aliphatic heterocycles. The Balaban J connectivity index is 2.07. The summed E-state index contributed by atoms with van der Waals surface area (Å²) >= 11 is 0. The fourth-order valence-electron chi connectivity index (χ4n) is 3.26. The summed E-state index contributed by atoms with van der Waals surface area (Å²) in [6.45, 7) is 3.81. The molecule has 1 amide bonds. The van der Waals surface area contributed by atoms with Gasteiger partial charge in [0.25, 0.3) is 0 Å². The van der Waals surface area contributed by atoms with Crippen LogP contribution in [0.4, 0.5) is 0 Å². The normalized spacial score (nSPS) is 12.6. The van der Waals surface area contributed by atoms with E-state index >= 15 is 0 Å². The van der Waals surface area contributed by atoms with Gasteiger partial charge in [0.2, 0.25) is 5.91 Å². The predicted octanol–water partition coefficient (Wildman–Crippen LogP) is 2.50. The molecule has 0 heterocycles. The zero-order chi connectivity index (χ0) is 21.9.